The van der Waals surface area contributed by atoms with E-state index in [1.807, 2.05) is 13.0 Å². The Hall–Kier alpha value is -1.58. The molecule has 0 saturated heterocycles. The second-order valence-electron chi connectivity index (χ2n) is 5.01. The molecule has 1 aromatic rings. The summed E-state index contributed by atoms with van der Waals surface area (Å²) >= 11 is 0. The molecular weight excluding hydrogens is 286 g/mol. The smallest absolute Gasteiger partial charge is 0.244 e. The molecule has 0 amide bonds. The van der Waals surface area contributed by atoms with E-state index in [0.29, 0.717) is 24.7 Å². The van der Waals surface area contributed by atoms with Gasteiger partial charge in [-0.15, -0.1) is 0 Å². The molecule has 6 heteroatoms. The number of hydrogen-bond donors (Lipinski definition) is 1. The van der Waals surface area contributed by atoms with Gasteiger partial charge in [-0.25, -0.2) is 8.42 Å². The molecule has 0 aliphatic rings. The minimum atomic E-state index is -3.67. The van der Waals surface area contributed by atoms with Gasteiger partial charge in [-0.05, 0) is 24.1 Å². The molecule has 0 fully saturated rings. The summed E-state index contributed by atoms with van der Waals surface area (Å²) in [7, 11) is -3.67. The van der Waals surface area contributed by atoms with E-state index in [1.54, 1.807) is 0 Å². The van der Waals surface area contributed by atoms with Crippen LogP contribution in [0.3, 0.4) is 0 Å². The van der Waals surface area contributed by atoms with Crippen LogP contribution in [-0.2, 0) is 10.0 Å². The summed E-state index contributed by atoms with van der Waals surface area (Å²) in [6.45, 7) is 6.77. The maximum Gasteiger partial charge on any atom is 0.244 e. The van der Waals surface area contributed by atoms with Gasteiger partial charge in [0.15, 0.2) is 0 Å². The van der Waals surface area contributed by atoms with Crippen molar-refractivity contribution in [3.8, 4) is 6.07 Å². The molecule has 116 valence electrons. The van der Waals surface area contributed by atoms with Crippen molar-refractivity contribution in [2.24, 2.45) is 5.92 Å². The second kappa shape index (κ2) is 7.43. The minimum Gasteiger partial charge on any atom is -0.399 e. The van der Waals surface area contributed by atoms with Gasteiger partial charge in [0.2, 0.25) is 10.0 Å². The molecule has 0 spiro atoms. The number of nitriles is 1. The standard InChI is InChI=1S/C15H23N3O2S/c1-4-12(5-2)11-18(6-3)21(19,20)15-8-7-14(17)9-13(15)10-16/h7-9,12H,4-6,11,17H2,1-3H3. The lowest BCUT2D eigenvalue weighted by atomic mass is 10.0. The Morgan fingerprint density at radius 2 is 1.90 bits per heavy atom. The van der Waals surface area contributed by atoms with E-state index in [0.717, 1.165) is 12.8 Å². The van der Waals surface area contributed by atoms with Gasteiger partial charge in [0.25, 0.3) is 0 Å². The summed E-state index contributed by atoms with van der Waals surface area (Å²) in [5.74, 6) is 0.319. The molecule has 2 N–H and O–H groups in total. The topological polar surface area (TPSA) is 87.2 Å². The zero-order valence-corrected chi connectivity index (χ0v) is 13.7. The maximum absolute atomic E-state index is 12.8. The van der Waals surface area contributed by atoms with E-state index in [2.05, 4.69) is 13.8 Å². The number of nitrogens with zero attached hydrogens (tertiary/aromatic N) is 2. The van der Waals surface area contributed by atoms with Gasteiger partial charge >= 0.3 is 0 Å². The number of anilines is 1. The first-order valence-corrected chi connectivity index (χ1v) is 8.64. The van der Waals surface area contributed by atoms with E-state index < -0.39 is 10.0 Å². The zero-order chi connectivity index (χ0) is 16.0. The number of rotatable bonds is 7. The number of hydrogen-bond acceptors (Lipinski definition) is 4. The van der Waals surface area contributed by atoms with Gasteiger partial charge in [0, 0.05) is 18.8 Å². The molecule has 0 saturated carbocycles. The Morgan fingerprint density at radius 3 is 2.38 bits per heavy atom. The highest BCUT2D eigenvalue weighted by molar-refractivity contribution is 7.89. The normalized spacial score (nSPS) is 11.8. The summed E-state index contributed by atoms with van der Waals surface area (Å²) < 4.78 is 27.0. The monoisotopic (exact) mass is 309 g/mol. The van der Waals surface area contributed by atoms with E-state index >= 15 is 0 Å². The Balaban J connectivity index is 3.22. The van der Waals surface area contributed by atoms with Crippen LogP contribution in [0, 0.1) is 17.2 Å². The summed E-state index contributed by atoms with van der Waals surface area (Å²) in [5.41, 5.74) is 6.10. The van der Waals surface area contributed by atoms with Gasteiger partial charge in [0.1, 0.15) is 11.0 Å². The molecule has 1 aromatic carbocycles. The molecule has 0 heterocycles. The molecule has 0 aromatic heterocycles. The first kappa shape index (κ1) is 17.5. The van der Waals surface area contributed by atoms with E-state index in [9.17, 15) is 8.42 Å². The molecule has 0 radical (unpaired) electrons. The van der Waals surface area contributed by atoms with Gasteiger partial charge in [-0.3, -0.25) is 0 Å². The molecule has 5 nitrogen and oxygen atoms in total. The van der Waals surface area contributed by atoms with Crippen LogP contribution in [0.4, 0.5) is 5.69 Å². The Kier molecular flexibility index (Phi) is 6.19. The van der Waals surface area contributed by atoms with Crippen molar-refractivity contribution in [3.63, 3.8) is 0 Å². The average Bonchev–Trinajstić information content (AvgIpc) is 2.47. The second-order valence-corrected chi connectivity index (χ2v) is 6.91. The van der Waals surface area contributed by atoms with Gasteiger partial charge in [0.05, 0.1) is 5.56 Å². The van der Waals surface area contributed by atoms with Crippen molar-refractivity contribution < 1.29 is 8.42 Å². The van der Waals surface area contributed by atoms with Crippen molar-refractivity contribution in [1.29, 1.82) is 5.26 Å². The highest BCUT2D eigenvalue weighted by Crippen LogP contribution is 2.23. The van der Waals surface area contributed by atoms with Crippen molar-refractivity contribution in [3.05, 3.63) is 23.8 Å². The van der Waals surface area contributed by atoms with Gasteiger partial charge < -0.3 is 5.73 Å². The predicted molar refractivity (Wildman–Crippen MR) is 84.1 cm³/mol. The average molecular weight is 309 g/mol. The first-order chi connectivity index (χ1) is 9.90. The highest BCUT2D eigenvalue weighted by atomic mass is 32.2. The third kappa shape index (κ3) is 3.96. The van der Waals surface area contributed by atoms with Crippen molar-refractivity contribution >= 4 is 15.7 Å². The molecule has 0 aliphatic carbocycles. The van der Waals surface area contributed by atoms with Crippen molar-refractivity contribution in [1.82, 2.24) is 4.31 Å². The predicted octanol–water partition coefficient (Wildman–Crippen LogP) is 2.59. The lowest BCUT2D eigenvalue weighted by Crippen LogP contribution is -2.35. The summed E-state index contributed by atoms with van der Waals surface area (Å²) in [6, 6.07) is 6.25. The maximum atomic E-state index is 12.8. The van der Waals surface area contributed by atoms with Crippen LogP contribution in [0.2, 0.25) is 0 Å². The van der Waals surface area contributed by atoms with Crippen LogP contribution in [0.5, 0.6) is 0 Å². The molecule has 1 rings (SSSR count). The van der Waals surface area contributed by atoms with Crippen LogP contribution in [0.25, 0.3) is 0 Å². The quantitative estimate of drug-likeness (QED) is 0.784. The van der Waals surface area contributed by atoms with Crippen molar-refractivity contribution in [2.75, 3.05) is 18.8 Å². The van der Waals surface area contributed by atoms with Crippen LogP contribution in [0.1, 0.15) is 39.2 Å². The number of nitrogen functional groups attached to an aromatic ring is 1. The highest BCUT2D eigenvalue weighted by Gasteiger charge is 2.27. The first-order valence-electron chi connectivity index (χ1n) is 7.20. The number of benzene rings is 1. The van der Waals surface area contributed by atoms with E-state index in [-0.39, 0.29) is 10.5 Å². The fraction of sp³-hybridized carbons (Fsp3) is 0.533. The SMILES string of the molecule is CCC(CC)CN(CC)S(=O)(=O)c1ccc(N)cc1C#N. The fourth-order valence-corrected chi connectivity index (χ4v) is 3.88. The van der Waals surface area contributed by atoms with Gasteiger partial charge in [-0.2, -0.15) is 9.57 Å². The van der Waals surface area contributed by atoms with E-state index in [1.165, 1.54) is 22.5 Å². The fourth-order valence-electron chi connectivity index (χ4n) is 2.23. The number of nitrogens with two attached hydrogens (primary N) is 1. The molecule has 21 heavy (non-hydrogen) atoms. The lowest BCUT2D eigenvalue weighted by Gasteiger charge is -2.25. The molecular formula is C15H23N3O2S. The van der Waals surface area contributed by atoms with Crippen LogP contribution >= 0.6 is 0 Å². The Morgan fingerprint density at radius 1 is 1.29 bits per heavy atom. The summed E-state index contributed by atoms with van der Waals surface area (Å²) in [5, 5.41) is 9.15. The number of sulfonamides is 1. The molecule has 0 aliphatic heterocycles. The van der Waals surface area contributed by atoms with Crippen LogP contribution < -0.4 is 5.73 Å². The third-order valence-corrected chi connectivity index (χ3v) is 5.71. The van der Waals surface area contributed by atoms with Gasteiger partial charge in [-0.1, -0.05) is 33.6 Å². The molecule has 0 bridgehead atoms. The minimum absolute atomic E-state index is 0.0343. The Labute approximate surface area is 127 Å². The largest absolute Gasteiger partial charge is 0.399 e. The summed E-state index contributed by atoms with van der Waals surface area (Å²) in [6.07, 6.45) is 1.85. The third-order valence-electron chi connectivity index (χ3n) is 3.71. The van der Waals surface area contributed by atoms with E-state index in [4.69, 9.17) is 11.0 Å². The Bertz CT molecular complexity index is 616. The zero-order valence-electron chi connectivity index (χ0n) is 12.8. The molecule has 0 atom stereocenters. The molecule has 0 unspecified atom stereocenters. The lowest BCUT2D eigenvalue weighted by molar-refractivity contribution is 0.339. The van der Waals surface area contributed by atoms with Crippen LogP contribution in [-0.4, -0.2) is 25.8 Å². The van der Waals surface area contributed by atoms with Crippen LogP contribution in [0.15, 0.2) is 23.1 Å². The van der Waals surface area contributed by atoms with Crippen molar-refractivity contribution in [2.45, 2.75) is 38.5 Å². The summed E-state index contributed by atoms with van der Waals surface area (Å²) in [4.78, 5) is 0.0343.